The van der Waals surface area contributed by atoms with Crippen molar-refractivity contribution in [3.8, 4) is 0 Å². The molecule has 0 aliphatic carbocycles. The predicted molar refractivity (Wildman–Crippen MR) is 113 cm³/mol. The molecule has 0 spiro atoms. The summed E-state index contributed by atoms with van der Waals surface area (Å²) in [6.07, 6.45) is 3.47. The SMILES string of the molecule is Cc1cc2c(s1)c1cnn(Cc3ccccn3)c(=O)c1n2Cc1ccc(F)cc1. The van der Waals surface area contributed by atoms with E-state index in [4.69, 9.17) is 0 Å². The third-order valence-corrected chi connectivity index (χ3v) is 6.02. The number of fused-ring (bicyclic) bond motifs is 3. The van der Waals surface area contributed by atoms with Gasteiger partial charge in [-0.25, -0.2) is 9.07 Å². The third kappa shape index (κ3) is 3.13. The van der Waals surface area contributed by atoms with Crippen molar-refractivity contribution in [3.63, 3.8) is 0 Å². The number of pyridine rings is 1. The van der Waals surface area contributed by atoms with Gasteiger partial charge in [0, 0.05) is 23.0 Å². The van der Waals surface area contributed by atoms with Crippen LogP contribution in [0.3, 0.4) is 0 Å². The Hall–Kier alpha value is -3.32. The quantitative estimate of drug-likeness (QED) is 0.447. The maximum absolute atomic E-state index is 13.3. The highest BCUT2D eigenvalue weighted by atomic mass is 32.1. The lowest BCUT2D eigenvalue weighted by molar-refractivity contribution is 0.626. The first-order valence-corrected chi connectivity index (χ1v) is 10.0. The molecule has 7 heteroatoms. The van der Waals surface area contributed by atoms with Crippen LogP contribution < -0.4 is 5.56 Å². The van der Waals surface area contributed by atoms with Crippen LogP contribution in [-0.4, -0.2) is 19.3 Å². The van der Waals surface area contributed by atoms with Crippen LogP contribution in [0.4, 0.5) is 4.39 Å². The summed E-state index contributed by atoms with van der Waals surface area (Å²) in [5, 5.41) is 5.25. The van der Waals surface area contributed by atoms with Crippen molar-refractivity contribution in [1.82, 2.24) is 19.3 Å². The highest BCUT2D eigenvalue weighted by Gasteiger charge is 2.18. The topological polar surface area (TPSA) is 52.7 Å². The van der Waals surface area contributed by atoms with E-state index in [1.54, 1.807) is 35.9 Å². The summed E-state index contributed by atoms with van der Waals surface area (Å²) in [7, 11) is 0. The van der Waals surface area contributed by atoms with Gasteiger partial charge >= 0.3 is 0 Å². The summed E-state index contributed by atoms with van der Waals surface area (Å²) < 4.78 is 17.8. The number of aromatic nitrogens is 4. The summed E-state index contributed by atoms with van der Waals surface area (Å²) in [6, 6.07) is 14.1. The molecule has 4 aromatic heterocycles. The van der Waals surface area contributed by atoms with E-state index in [0.717, 1.165) is 26.9 Å². The van der Waals surface area contributed by atoms with Gasteiger partial charge in [0.15, 0.2) is 0 Å². The first kappa shape index (κ1) is 17.8. The van der Waals surface area contributed by atoms with E-state index < -0.39 is 0 Å². The molecular formula is C22H17FN4OS. The summed E-state index contributed by atoms with van der Waals surface area (Å²) in [5.74, 6) is -0.274. The molecule has 0 N–H and O–H groups in total. The average molecular weight is 404 g/mol. The first-order valence-electron chi connectivity index (χ1n) is 9.23. The van der Waals surface area contributed by atoms with Crippen LogP contribution in [0.5, 0.6) is 0 Å². The van der Waals surface area contributed by atoms with Crippen molar-refractivity contribution in [1.29, 1.82) is 0 Å². The smallest absolute Gasteiger partial charge is 0.291 e. The van der Waals surface area contributed by atoms with Gasteiger partial charge in [-0.15, -0.1) is 11.3 Å². The van der Waals surface area contributed by atoms with Gasteiger partial charge in [-0.05, 0) is 42.8 Å². The largest absolute Gasteiger partial charge is 0.331 e. The van der Waals surface area contributed by atoms with Crippen LogP contribution in [0.25, 0.3) is 21.1 Å². The van der Waals surface area contributed by atoms with Crippen molar-refractivity contribution in [2.45, 2.75) is 20.0 Å². The highest BCUT2D eigenvalue weighted by Crippen LogP contribution is 2.34. The minimum Gasteiger partial charge on any atom is -0.331 e. The molecule has 0 aliphatic rings. The Bertz CT molecular complexity index is 1380. The predicted octanol–water partition coefficient (Wildman–Crippen LogP) is 4.35. The lowest BCUT2D eigenvalue weighted by Crippen LogP contribution is -2.25. The van der Waals surface area contributed by atoms with Gasteiger partial charge in [0.05, 0.1) is 28.7 Å². The summed E-state index contributed by atoms with van der Waals surface area (Å²) in [6.45, 7) is 2.85. The summed E-state index contributed by atoms with van der Waals surface area (Å²) in [4.78, 5) is 18.8. The molecule has 0 saturated heterocycles. The molecule has 0 amide bonds. The molecule has 4 heterocycles. The van der Waals surface area contributed by atoms with E-state index in [1.165, 1.54) is 21.7 Å². The fourth-order valence-electron chi connectivity index (χ4n) is 3.61. The van der Waals surface area contributed by atoms with Crippen molar-refractivity contribution in [2.75, 3.05) is 0 Å². The lowest BCUT2D eigenvalue weighted by Gasteiger charge is -2.09. The minimum atomic E-state index is -0.274. The molecule has 0 fully saturated rings. The van der Waals surface area contributed by atoms with Crippen LogP contribution in [0.2, 0.25) is 0 Å². The number of benzene rings is 1. The minimum absolute atomic E-state index is 0.156. The van der Waals surface area contributed by atoms with E-state index in [0.29, 0.717) is 18.6 Å². The van der Waals surface area contributed by atoms with E-state index in [9.17, 15) is 9.18 Å². The average Bonchev–Trinajstić information content (AvgIpc) is 3.23. The monoisotopic (exact) mass is 404 g/mol. The molecule has 0 atom stereocenters. The lowest BCUT2D eigenvalue weighted by atomic mass is 10.2. The molecular weight excluding hydrogens is 387 g/mol. The van der Waals surface area contributed by atoms with Crippen LogP contribution in [0, 0.1) is 12.7 Å². The number of rotatable bonds is 4. The highest BCUT2D eigenvalue weighted by molar-refractivity contribution is 7.20. The van der Waals surface area contributed by atoms with E-state index in [1.807, 2.05) is 22.8 Å². The standard InChI is InChI=1S/C22H17FN4OS/c1-14-10-19-21(29-14)18-11-25-27(13-17-4-2-3-9-24-17)22(28)20(18)26(19)12-15-5-7-16(23)8-6-15/h2-11H,12-13H2,1H3. The molecule has 5 nitrogen and oxygen atoms in total. The zero-order valence-corrected chi connectivity index (χ0v) is 16.5. The number of hydrogen-bond donors (Lipinski definition) is 0. The third-order valence-electron chi connectivity index (χ3n) is 4.95. The molecule has 0 unspecified atom stereocenters. The Balaban J connectivity index is 1.70. The molecule has 0 aliphatic heterocycles. The number of nitrogens with zero attached hydrogens (tertiary/aromatic N) is 4. The van der Waals surface area contributed by atoms with Crippen LogP contribution in [0.15, 0.2) is 65.7 Å². The molecule has 0 radical (unpaired) electrons. The van der Waals surface area contributed by atoms with Crippen LogP contribution in [-0.2, 0) is 13.1 Å². The van der Waals surface area contributed by atoms with Gasteiger partial charge in [0.25, 0.3) is 5.56 Å². The summed E-state index contributed by atoms with van der Waals surface area (Å²) in [5.41, 5.74) is 3.16. The maximum Gasteiger partial charge on any atom is 0.291 e. The van der Waals surface area contributed by atoms with Crippen molar-refractivity contribution >= 4 is 32.5 Å². The Labute approximate surface area is 169 Å². The Morgan fingerprint density at radius 1 is 1.10 bits per heavy atom. The second-order valence-corrected chi connectivity index (χ2v) is 8.23. The second-order valence-electron chi connectivity index (χ2n) is 6.97. The maximum atomic E-state index is 13.3. The Kier molecular flexibility index (Phi) is 4.24. The summed E-state index contributed by atoms with van der Waals surface area (Å²) >= 11 is 1.65. The molecule has 5 aromatic rings. The van der Waals surface area contributed by atoms with Gasteiger partial charge in [0.1, 0.15) is 11.3 Å². The van der Waals surface area contributed by atoms with Gasteiger partial charge in [-0.1, -0.05) is 18.2 Å². The zero-order valence-electron chi connectivity index (χ0n) is 15.7. The van der Waals surface area contributed by atoms with Crippen LogP contribution in [0.1, 0.15) is 16.1 Å². The fraction of sp³-hybridized carbons (Fsp3) is 0.136. The molecule has 0 saturated carbocycles. The number of halogens is 1. The zero-order chi connectivity index (χ0) is 20.0. The van der Waals surface area contributed by atoms with Crippen molar-refractivity contribution in [3.05, 3.63) is 93.2 Å². The Morgan fingerprint density at radius 2 is 1.93 bits per heavy atom. The van der Waals surface area contributed by atoms with Gasteiger partial charge < -0.3 is 4.57 Å². The van der Waals surface area contributed by atoms with Gasteiger partial charge in [-0.3, -0.25) is 9.78 Å². The van der Waals surface area contributed by atoms with Gasteiger partial charge in [0.2, 0.25) is 0 Å². The second kappa shape index (κ2) is 6.93. The fourth-order valence-corrected chi connectivity index (χ4v) is 4.64. The molecule has 0 bridgehead atoms. The molecule has 29 heavy (non-hydrogen) atoms. The normalized spacial score (nSPS) is 11.5. The molecule has 5 rings (SSSR count). The van der Waals surface area contributed by atoms with Crippen LogP contribution >= 0.6 is 11.3 Å². The first-order chi connectivity index (χ1) is 14.1. The molecule has 144 valence electrons. The van der Waals surface area contributed by atoms with E-state index in [-0.39, 0.29) is 11.4 Å². The number of thiophene rings is 1. The Morgan fingerprint density at radius 3 is 2.69 bits per heavy atom. The molecule has 1 aromatic carbocycles. The van der Waals surface area contributed by atoms with E-state index in [2.05, 4.69) is 23.1 Å². The van der Waals surface area contributed by atoms with E-state index >= 15 is 0 Å². The number of hydrogen-bond acceptors (Lipinski definition) is 4. The van der Waals surface area contributed by atoms with Gasteiger partial charge in [-0.2, -0.15) is 5.10 Å². The van der Waals surface area contributed by atoms with Crippen molar-refractivity contribution < 1.29 is 4.39 Å². The number of aryl methyl sites for hydroxylation is 1. The van der Waals surface area contributed by atoms with Crippen molar-refractivity contribution in [2.24, 2.45) is 0 Å².